The van der Waals surface area contributed by atoms with Crippen LogP contribution >= 0.6 is 23.3 Å². The van der Waals surface area contributed by atoms with E-state index in [0.717, 1.165) is 75.9 Å². The first-order valence-electron chi connectivity index (χ1n) is 35.8. The van der Waals surface area contributed by atoms with Crippen molar-refractivity contribution in [2.24, 2.45) is 59.2 Å². The summed E-state index contributed by atoms with van der Waals surface area (Å²) in [6.07, 6.45) is 30.4. The maximum Gasteiger partial charge on any atom is 0.250 e. The second-order valence-electron chi connectivity index (χ2n) is 27.9. The standard InChI is InChI=1S/C4H7N3O.C4H7N3S.C4H4N2.10C4H10.2C3H3N3.C3H4N2.2C3H3NO.2C2H2N2O.CHN3O.CHN3S/c2*1-3(2)4-5-6-7-8-4;1-2-4-6-5-3-1;10*1-4(2)3;1-2-5-6-3-4-1;1-2-4-6-5-3-1;1-2-4-5-3-1;1-2-5-3-4-1;1-2-4-5-3-1;1-2-5-4-3-1;3*1-2-4-5-3-1/h2*3H,1-2H3;1-4H;10*4H,1-3H3;2*1-3H;1-3H,(H,4,5);2*1-3H;2*1-2H;2*1H. The Balaban J connectivity index is -0.000000118. The fraction of sp³-hybridized carbons (Fsp3) is 0.630. The predicted molar refractivity (Wildman–Crippen MR) is 435 cm³/mol. The second-order valence-corrected chi connectivity index (χ2v) is 29.2. The minimum atomic E-state index is 0.282. The molecule has 12 heterocycles. The van der Waals surface area contributed by atoms with Gasteiger partial charge < -0.3 is 18.0 Å². The molecule has 0 bridgehead atoms. The molecular formula is C73H140N28O6S2. The van der Waals surface area contributed by atoms with Crippen molar-refractivity contribution < 1.29 is 27.2 Å². The van der Waals surface area contributed by atoms with E-state index in [4.69, 9.17) is 0 Å². The van der Waals surface area contributed by atoms with Crippen molar-refractivity contribution in [3.05, 3.63) is 166 Å². The molecule has 1 N–H and O–H groups in total. The number of aromatic amines is 1. The molecule has 34 nitrogen and oxygen atoms in total. The van der Waals surface area contributed by atoms with Crippen molar-refractivity contribution in [2.45, 2.75) is 247 Å². The minimum Gasteiger partial charge on any atom is -0.452 e. The lowest BCUT2D eigenvalue weighted by molar-refractivity contribution is 0.292. The first-order chi connectivity index (χ1) is 51.4. The smallest absolute Gasteiger partial charge is 0.250 e. The van der Waals surface area contributed by atoms with Crippen molar-refractivity contribution in [1.29, 1.82) is 0 Å². The molecule has 0 spiro atoms. The van der Waals surface area contributed by atoms with Gasteiger partial charge in [-0.05, 0) is 110 Å². The number of oxazole rings is 1. The monoisotopic (exact) mass is 1570 g/mol. The van der Waals surface area contributed by atoms with Crippen LogP contribution in [0.15, 0.2) is 182 Å². The van der Waals surface area contributed by atoms with Crippen molar-refractivity contribution in [3.63, 3.8) is 0 Å². The fourth-order valence-electron chi connectivity index (χ4n) is 2.44. The average Bonchev–Trinajstić information content (AvgIpc) is 1.83. The Morgan fingerprint density at radius 3 is 0.963 bits per heavy atom. The molecule has 0 unspecified atom stereocenters. The molecule has 0 aliphatic heterocycles. The number of aromatic nitrogens is 28. The number of H-pyrrole nitrogens is 1. The van der Waals surface area contributed by atoms with Gasteiger partial charge in [0.25, 0.3) is 5.89 Å². The minimum absolute atomic E-state index is 0.282. The SMILES string of the molecule is CC(C)C.CC(C)C.CC(C)C.CC(C)C.CC(C)C.CC(C)C.CC(C)C.CC(C)C.CC(C)C.CC(C)C.CC(C)c1nnno1.CC(C)c1nnns1.c1ccnnc1.c1cn[nH]c1.c1cnncn1.c1cnnnc1.c1cnoc1.c1cnon1.c1cocn1.c1conn1.c1nnon1.c1nnsn1. The van der Waals surface area contributed by atoms with E-state index in [1.807, 2.05) is 32.0 Å². The van der Waals surface area contributed by atoms with Crippen molar-refractivity contribution in [1.82, 2.24) is 142 Å². The number of hydrogen-bond donors (Lipinski definition) is 1. The van der Waals surface area contributed by atoms with Gasteiger partial charge in [0.2, 0.25) is 0 Å². The maximum absolute atomic E-state index is 4.62. The predicted octanol–water partition coefficient (Wildman–Crippen LogP) is 19.8. The van der Waals surface area contributed by atoms with Crippen LogP contribution in [0.25, 0.3) is 0 Å². The Morgan fingerprint density at radius 2 is 0.835 bits per heavy atom. The third-order valence-corrected chi connectivity index (χ3v) is 6.29. The first kappa shape index (κ1) is 120. The first-order valence-corrected chi connectivity index (χ1v) is 37.3. The summed E-state index contributed by atoms with van der Waals surface area (Å²) < 4.78 is 36.3. The average molecular weight is 1570 g/mol. The Morgan fingerprint density at radius 1 is 0.321 bits per heavy atom. The maximum atomic E-state index is 4.62. The van der Waals surface area contributed by atoms with Crippen LogP contribution < -0.4 is 0 Å². The van der Waals surface area contributed by atoms with Crippen LogP contribution in [0.4, 0.5) is 0 Å². The molecule has 109 heavy (non-hydrogen) atoms. The molecular weight excluding hydrogens is 1430 g/mol. The van der Waals surface area contributed by atoms with Gasteiger partial charge in [-0.25, -0.2) is 19.2 Å². The Bertz CT molecular complexity index is 2310. The highest BCUT2D eigenvalue weighted by atomic mass is 32.1. The molecule has 0 atom stereocenters. The van der Waals surface area contributed by atoms with E-state index >= 15 is 0 Å². The number of nitrogens with one attached hydrogen (secondary N) is 1. The van der Waals surface area contributed by atoms with Gasteiger partial charge in [-0.1, -0.05) is 270 Å². The molecule has 12 aromatic rings. The molecule has 0 aliphatic carbocycles. The molecule has 0 saturated carbocycles. The van der Waals surface area contributed by atoms with E-state index in [1.165, 1.54) is 80.5 Å². The highest BCUT2D eigenvalue weighted by Crippen LogP contribution is 2.11. The van der Waals surface area contributed by atoms with Crippen LogP contribution in [-0.2, 0) is 0 Å². The van der Waals surface area contributed by atoms with E-state index < -0.39 is 0 Å². The topological polar surface area (TPSA) is 443 Å². The van der Waals surface area contributed by atoms with Gasteiger partial charge >= 0.3 is 0 Å². The van der Waals surface area contributed by atoms with Crippen molar-refractivity contribution >= 4 is 23.3 Å². The number of hydrogen-bond acceptors (Lipinski definition) is 35. The van der Waals surface area contributed by atoms with Crippen LogP contribution in [0, 0.1) is 59.2 Å². The molecule has 0 saturated heterocycles. The largest absolute Gasteiger partial charge is 0.452 e. The highest BCUT2D eigenvalue weighted by Gasteiger charge is 2.03. The molecule has 0 radical (unpaired) electrons. The van der Waals surface area contributed by atoms with Gasteiger partial charge in [0.05, 0.1) is 71.8 Å². The van der Waals surface area contributed by atoms with Crippen LogP contribution in [0.5, 0.6) is 0 Å². The van der Waals surface area contributed by atoms with E-state index in [9.17, 15) is 0 Å². The summed E-state index contributed by atoms with van der Waals surface area (Å²) in [7, 11) is 0. The third-order valence-electron chi connectivity index (χ3n) is 5.04. The third kappa shape index (κ3) is 214. The molecule has 620 valence electrons. The summed E-state index contributed by atoms with van der Waals surface area (Å²) in [5.74, 6) is 9.67. The van der Waals surface area contributed by atoms with Crippen molar-refractivity contribution in [2.75, 3.05) is 0 Å². The van der Waals surface area contributed by atoms with Crippen LogP contribution in [0.3, 0.4) is 0 Å². The zero-order valence-electron chi connectivity index (χ0n) is 72.2. The number of rotatable bonds is 2. The Kier molecular flexibility index (Phi) is 118. The van der Waals surface area contributed by atoms with Gasteiger partial charge in [-0.3, -0.25) is 5.10 Å². The van der Waals surface area contributed by atoms with Crippen molar-refractivity contribution in [3.8, 4) is 0 Å². The summed E-state index contributed by atoms with van der Waals surface area (Å²) in [6.45, 7) is 73.1. The lowest BCUT2D eigenvalue weighted by atomic mass is 10.2. The molecule has 0 fully saturated rings. The second kappa shape index (κ2) is 107. The summed E-state index contributed by atoms with van der Waals surface area (Å²) in [6, 6.07) is 8.92. The zero-order valence-corrected chi connectivity index (χ0v) is 73.8. The molecule has 36 heteroatoms. The van der Waals surface area contributed by atoms with Gasteiger partial charge in [-0.2, -0.15) is 24.8 Å². The summed E-state index contributed by atoms with van der Waals surface area (Å²) in [5.41, 5.74) is 0. The van der Waals surface area contributed by atoms with E-state index in [-0.39, 0.29) is 5.92 Å². The van der Waals surface area contributed by atoms with Gasteiger partial charge in [-0.15, -0.1) is 30.6 Å². The van der Waals surface area contributed by atoms with Crippen LogP contribution in [0.2, 0.25) is 0 Å². The van der Waals surface area contributed by atoms with Gasteiger partial charge in [0, 0.05) is 59.6 Å². The summed E-state index contributed by atoms with van der Waals surface area (Å²) in [4.78, 5) is 7.17. The number of nitrogens with zero attached hydrogens (tertiary/aromatic N) is 27. The lowest BCUT2D eigenvalue weighted by Gasteiger charge is -1.90. The molecule has 0 aromatic carbocycles. The summed E-state index contributed by atoms with van der Waals surface area (Å²) >= 11 is 2.46. The van der Waals surface area contributed by atoms with E-state index in [2.05, 4.69) is 390 Å². The molecule has 0 aliphatic rings. The lowest BCUT2D eigenvalue weighted by Crippen LogP contribution is -1.85. The molecule has 0 amide bonds. The Hall–Kier alpha value is -9.87. The summed E-state index contributed by atoms with van der Waals surface area (Å²) in [5, 5.41) is 77.5. The fourth-order valence-corrected chi connectivity index (χ4v) is 3.09. The molecule has 12 rings (SSSR count). The quantitative estimate of drug-likeness (QED) is 0.168. The normalized spacial score (nSPS) is 8.72. The van der Waals surface area contributed by atoms with Gasteiger partial charge in [0.1, 0.15) is 30.1 Å². The Labute approximate surface area is 661 Å². The zero-order chi connectivity index (χ0) is 85.2. The van der Waals surface area contributed by atoms with Crippen LogP contribution in [0.1, 0.15) is 258 Å². The van der Waals surface area contributed by atoms with E-state index in [0.29, 0.717) is 11.8 Å². The van der Waals surface area contributed by atoms with Crippen LogP contribution in [-0.4, -0.2) is 142 Å². The molecule has 12 aromatic heterocycles. The van der Waals surface area contributed by atoms with Gasteiger partial charge in [0.15, 0.2) is 19.0 Å². The van der Waals surface area contributed by atoms with E-state index in [1.54, 1.807) is 67.9 Å². The highest BCUT2D eigenvalue weighted by molar-refractivity contribution is 7.05.